The monoisotopic (exact) mass is 296 g/mol. The van der Waals surface area contributed by atoms with Crippen molar-refractivity contribution in [2.75, 3.05) is 0 Å². The van der Waals surface area contributed by atoms with Gasteiger partial charge in [0.15, 0.2) is 0 Å². The number of nitrogens with one attached hydrogen (secondary N) is 1. The first-order valence-corrected chi connectivity index (χ1v) is 7.54. The quantitative estimate of drug-likeness (QED) is 0.883. The number of hydrogen-bond donors (Lipinski definition) is 1. The molecule has 0 amide bonds. The van der Waals surface area contributed by atoms with Crippen LogP contribution in [0.15, 0.2) is 53.6 Å². The lowest BCUT2D eigenvalue weighted by Gasteiger charge is -2.14. The summed E-state index contributed by atoms with van der Waals surface area (Å²) in [6.07, 6.45) is 1.24. The van der Waals surface area contributed by atoms with E-state index in [1.165, 1.54) is 18.3 Å². The molecule has 1 atom stereocenters. The average molecular weight is 297 g/mol. The predicted octanol–water partition coefficient (Wildman–Crippen LogP) is 2.77. The maximum absolute atomic E-state index is 12.1. The van der Waals surface area contributed by atoms with Crippen molar-refractivity contribution in [1.82, 2.24) is 9.71 Å². The van der Waals surface area contributed by atoms with Gasteiger partial charge in [-0.2, -0.15) is 0 Å². The number of halogens is 1. The van der Waals surface area contributed by atoms with Gasteiger partial charge in [0.2, 0.25) is 10.0 Å². The zero-order chi connectivity index (χ0) is 13.9. The van der Waals surface area contributed by atoms with Crippen LogP contribution in [-0.2, 0) is 10.0 Å². The van der Waals surface area contributed by atoms with Crippen molar-refractivity contribution >= 4 is 21.6 Å². The molecule has 0 bridgehead atoms. The Morgan fingerprint density at radius 2 is 1.84 bits per heavy atom. The Balaban J connectivity index is 2.20. The molecule has 0 aliphatic carbocycles. The molecule has 0 unspecified atom stereocenters. The molecule has 19 heavy (non-hydrogen) atoms. The summed E-state index contributed by atoms with van der Waals surface area (Å²) in [7, 11) is -3.60. The van der Waals surface area contributed by atoms with Crippen LogP contribution in [0.5, 0.6) is 0 Å². The van der Waals surface area contributed by atoms with E-state index in [4.69, 9.17) is 11.6 Å². The normalized spacial score (nSPS) is 13.2. The molecule has 0 radical (unpaired) electrons. The number of aromatic nitrogens is 1. The lowest BCUT2D eigenvalue weighted by molar-refractivity contribution is 0.566. The minimum atomic E-state index is -3.60. The second-order valence-corrected chi connectivity index (χ2v) is 6.17. The van der Waals surface area contributed by atoms with Crippen LogP contribution < -0.4 is 4.72 Å². The number of nitrogens with zero attached hydrogens (tertiary/aromatic N) is 1. The van der Waals surface area contributed by atoms with Crippen LogP contribution in [0.2, 0.25) is 5.15 Å². The molecule has 0 aliphatic heterocycles. The number of rotatable bonds is 4. The standard InChI is InChI=1S/C13H13ClN2O2S/c1-10(11-5-3-2-4-6-11)16-19(17,18)12-7-8-13(14)15-9-12/h2-10,16H,1H3/t10-/m1/s1. The van der Waals surface area contributed by atoms with Crippen LogP contribution in [-0.4, -0.2) is 13.4 Å². The minimum absolute atomic E-state index is 0.0969. The minimum Gasteiger partial charge on any atom is -0.243 e. The van der Waals surface area contributed by atoms with E-state index in [0.717, 1.165) is 5.56 Å². The smallest absolute Gasteiger partial charge is 0.242 e. The third kappa shape index (κ3) is 3.53. The summed E-state index contributed by atoms with van der Waals surface area (Å²) in [6.45, 7) is 1.79. The fraction of sp³-hybridized carbons (Fsp3) is 0.154. The lowest BCUT2D eigenvalue weighted by Crippen LogP contribution is -2.26. The van der Waals surface area contributed by atoms with Gasteiger partial charge in [0.05, 0.1) is 0 Å². The molecule has 1 heterocycles. The van der Waals surface area contributed by atoms with Gasteiger partial charge < -0.3 is 0 Å². The van der Waals surface area contributed by atoms with Crippen LogP contribution in [0.3, 0.4) is 0 Å². The molecular formula is C13H13ClN2O2S. The predicted molar refractivity (Wildman–Crippen MR) is 74.4 cm³/mol. The van der Waals surface area contributed by atoms with Crippen LogP contribution >= 0.6 is 11.6 Å². The molecular weight excluding hydrogens is 284 g/mol. The zero-order valence-electron chi connectivity index (χ0n) is 10.2. The highest BCUT2D eigenvalue weighted by molar-refractivity contribution is 7.89. The maximum Gasteiger partial charge on any atom is 0.242 e. The summed E-state index contributed by atoms with van der Waals surface area (Å²) >= 11 is 5.64. The van der Waals surface area contributed by atoms with Crippen molar-refractivity contribution in [1.29, 1.82) is 0 Å². The van der Waals surface area contributed by atoms with Crippen molar-refractivity contribution in [2.24, 2.45) is 0 Å². The van der Waals surface area contributed by atoms with Gasteiger partial charge in [0, 0.05) is 12.2 Å². The van der Waals surface area contributed by atoms with Crippen LogP contribution in [0.4, 0.5) is 0 Å². The number of sulfonamides is 1. The Hall–Kier alpha value is -1.43. The average Bonchev–Trinajstić information content (AvgIpc) is 2.40. The van der Waals surface area contributed by atoms with E-state index in [-0.39, 0.29) is 16.1 Å². The third-order valence-corrected chi connectivity index (χ3v) is 4.39. The van der Waals surface area contributed by atoms with Gasteiger partial charge in [-0.3, -0.25) is 0 Å². The van der Waals surface area contributed by atoms with Gasteiger partial charge in [-0.15, -0.1) is 0 Å². The number of pyridine rings is 1. The largest absolute Gasteiger partial charge is 0.243 e. The fourth-order valence-electron chi connectivity index (χ4n) is 1.63. The van der Waals surface area contributed by atoms with Crippen molar-refractivity contribution < 1.29 is 8.42 Å². The zero-order valence-corrected chi connectivity index (χ0v) is 11.8. The number of hydrogen-bond acceptors (Lipinski definition) is 3. The summed E-state index contributed by atoms with van der Waals surface area (Å²) < 4.78 is 26.9. The second-order valence-electron chi connectivity index (χ2n) is 4.07. The van der Waals surface area contributed by atoms with Gasteiger partial charge in [0.25, 0.3) is 0 Å². The topological polar surface area (TPSA) is 59.1 Å². The van der Waals surface area contributed by atoms with E-state index in [1.807, 2.05) is 30.3 Å². The van der Waals surface area contributed by atoms with Crippen molar-refractivity contribution in [3.63, 3.8) is 0 Å². The van der Waals surface area contributed by atoms with Gasteiger partial charge in [-0.25, -0.2) is 18.1 Å². The molecule has 1 aromatic carbocycles. The van der Waals surface area contributed by atoms with Crippen molar-refractivity contribution in [3.8, 4) is 0 Å². The summed E-state index contributed by atoms with van der Waals surface area (Å²) in [5, 5.41) is 0.259. The highest BCUT2D eigenvalue weighted by Crippen LogP contribution is 2.17. The highest BCUT2D eigenvalue weighted by atomic mass is 35.5. The summed E-state index contributed by atoms with van der Waals surface area (Å²) in [5.74, 6) is 0. The highest BCUT2D eigenvalue weighted by Gasteiger charge is 2.18. The van der Waals surface area contributed by atoms with Crippen LogP contribution in [0.1, 0.15) is 18.5 Å². The van der Waals surface area contributed by atoms with Gasteiger partial charge >= 0.3 is 0 Å². The Bertz CT molecular complexity index is 642. The molecule has 4 nitrogen and oxygen atoms in total. The Labute approximate surface area is 117 Å². The molecule has 2 aromatic rings. The Morgan fingerprint density at radius 1 is 1.16 bits per heavy atom. The van der Waals surface area contributed by atoms with E-state index in [2.05, 4.69) is 9.71 Å². The molecule has 0 spiro atoms. The summed E-state index contributed by atoms with van der Waals surface area (Å²) in [6, 6.07) is 11.9. The van der Waals surface area contributed by atoms with Gasteiger partial charge in [-0.1, -0.05) is 41.9 Å². The maximum atomic E-state index is 12.1. The third-order valence-electron chi connectivity index (χ3n) is 2.64. The van der Waals surface area contributed by atoms with E-state index >= 15 is 0 Å². The van der Waals surface area contributed by atoms with Crippen LogP contribution in [0, 0.1) is 0 Å². The molecule has 6 heteroatoms. The first-order chi connectivity index (χ1) is 8.99. The van der Waals surface area contributed by atoms with E-state index in [0.29, 0.717) is 0 Å². The Morgan fingerprint density at radius 3 is 2.42 bits per heavy atom. The van der Waals surface area contributed by atoms with E-state index in [1.54, 1.807) is 6.92 Å². The van der Waals surface area contributed by atoms with Gasteiger partial charge in [-0.05, 0) is 24.6 Å². The fourth-order valence-corrected chi connectivity index (χ4v) is 2.92. The second kappa shape index (κ2) is 5.69. The van der Waals surface area contributed by atoms with Crippen LogP contribution in [0.25, 0.3) is 0 Å². The Kier molecular flexibility index (Phi) is 4.19. The van der Waals surface area contributed by atoms with E-state index in [9.17, 15) is 8.42 Å². The molecule has 0 saturated heterocycles. The molecule has 100 valence electrons. The SMILES string of the molecule is C[C@@H](NS(=O)(=O)c1ccc(Cl)nc1)c1ccccc1. The first kappa shape index (κ1) is 14.0. The molecule has 0 saturated carbocycles. The molecule has 0 aliphatic rings. The molecule has 1 aromatic heterocycles. The molecule has 0 fully saturated rings. The summed E-state index contributed by atoms with van der Waals surface area (Å²) in [4.78, 5) is 3.87. The first-order valence-electron chi connectivity index (χ1n) is 5.68. The summed E-state index contributed by atoms with van der Waals surface area (Å²) in [5.41, 5.74) is 0.896. The van der Waals surface area contributed by atoms with Gasteiger partial charge in [0.1, 0.15) is 10.0 Å². The van der Waals surface area contributed by atoms with Crippen molar-refractivity contribution in [3.05, 3.63) is 59.4 Å². The molecule has 1 N–H and O–H groups in total. The van der Waals surface area contributed by atoms with Crippen molar-refractivity contribution in [2.45, 2.75) is 17.9 Å². The lowest BCUT2D eigenvalue weighted by atomic mass is 10.1. The van der Waals surface area contributed by atoms with E-state index < -0.39 is 10.0 Å². The molecule has 2 rings (SSSR count). The number of benzene rings is 1.